The maximum Gasteiger partial charge on any atom is 0.272 e. The molecule has 96 valence electrons. The van der Waals surface area contributed by atoms with Crippen LogP contribution < -0.4 is 10.5 Å². The predicted octanol–water partition coefficient (Wildman–Crippen LogP) is 2.75. The predicted molar refractivity (Wildman–Crippen MR) is 59.9 cm³/mol. The lowest BCUT2D eigenvalue weighted by atomic mass is 10.0. The van der Waals surface area contributed by atoms with E-state index in [-0.39, 0.29) is 11.8 Å². The minimum atomic E-state index is -2.62. The Morgan fingerprint density at radius 1 is 1.35 bits per heavy atom. The molecule has 1 unspecified atom stereocenters. The fourth-order valence-corrected chi connectivity index (χ4v) is 1.45. The first-order valence-corrected chi connectivity index (χ1v) is 5.48. The lowest BCUT2D eigenvalue weighted by Crippen LogP contribution is -2.22. The Labute approximate surface area is 98.6 Å². The average molecular weight is 247 g/mol. The lowest BCUT2D eigenvalue weighted by molar-refractivity contribution is 0.0793. The minimum Gasteiger partial charge on any atom is -0.484 e. The van der Waals surface area contributed by atoms with Crippen LogP contribution in [0.25, 0.3) is 0 Å². The molecule has 1 rings (SSSR count). The van der Waals surface area contributed by atoms with E-state index < -0.39 is 18.8 Å². The van der Waals surface area contributed by atoms with E-state index in [9.17, 15) is 13.2 Å². The fourth-order valence-electron chi connectivity index (χ4n) is 1.45. The molecule has 1 atom stereocenters. The third-order valence-electron chi connectivity index (χ3n) is 2.41. The van der Waals surface area contributed by atoms with Gasteiger partial charge in [-0.25, -0.2) is 13.2 Å². The number of halogens is 3. The van der Waals surface area contributed by atoms with Gasteiger partial charge in [0.2, 0.25) is 0 Å². The maximum absolute atomic E-state index is 13.4. The Morgan fingerprint density at radius 3 is 2.65 bits per heavy atom. The van der Waals surface area contributed by atoms with Crippen LogP contribution >= 0.6 is 0 Å². The molecule has 0 aromatic heterocycles. The monoisotopic (exact) mass is 247 g/mol. The Hall–Kier alpha value is -1.23. The molecule has 17 heavy (non-hydrogen) atoms. The number of hydrogen-bond acceptors (Lipinski definition) is 2. The van der Waals surface area contributed by atoms with Crippen molar-refractivity contribution in [3.8, 4) is 5.75 Å². The zero-order valence-corrected chi connectivity index (χ0v) is 9.63. The second-order valence-corrected chi connectivity index (χ2v) is 3.80. The molecule has 5 heteroatoms. The number of ether oxygens (including phenoxy) is 1. The maximum atomic E-state index is 13.4. The van der Waals surface area contributed by atoms with Crippen molar-refractivity contribution >= 4 is 0 Å². The molecule has 1 aromatic carbocycles. The van der Waals surface area contributed by atoms with Crippen LogP contribution in [-0.2, 0) is 6.42 Å². The molecule has 0 aliphatic rings. The topological polar surface area (TPSA) is 35.2 Å². The summed E-state index contributed by atoms with van der Waals surface area (Å²) in [5, 5.41) is 0. The van der Waals surface area contributed by atoms with Crippen LogP contribution in [0.3, 0.4) is 0 Å². The van der Waals surface area contributed by atoms with Crippen LogP contribution in [0.1, 0.15) is 18.9 Å². The van der Waals surface area contributed by atoms with Crippen LogP contribution in [0.15, 0.2) is 18.2 Å². The highest BCUT2D eigenvalue weighted by atomic mass is 19.3. The van der Waals surface area contributed by atoms with Crippen molar-refractivity contribution in [3.63, 3.8) is 0 Å². The first-order chi connectivity index (χ1) is 8.04. The van der Waals surface area contributed by atoms with E-state index in [2.05, 4.69) is 0 Å². The summed E-state index contributed by atoms with van der Waals surface area (Å²) < 4.78 is 42.3. The first-order valence-electron chi connectivity index (χ1n) is 5.48. The fraction of sp³-hybridized carbons (Fsp3) is 0.500. The molecule has 0 bridgehead atoms. The summed E-state index contributed by atoms with van der Waals surface area (Å²) in [6.07, 6.45) is -1.49. The molecular weight excluding hydrogens is 231 g/mol. The molecule has 0 fully saturated rings. The van der Waals surface area contributed by atoms with Crippen LogP contribution in [-0.4, -0.2) is 19.1 Å². The summed E-state index contributed by atoms with van der Waals surface area (Å²) >= 11 is 0. The van der Waals surface area contributed by atoms with Crippen molar-refractivity contribution < 1.29 is 17.9 Å². The zero-order chi connectivity index (χ0) is 12.8. The van der Waals surface area contributed by atoms with E-state index in [4.69, 9.17) is 10.5 Å². The molecule has 1 aromatic rings. The van der Waals surface area contributed by atoms with Gasteiger partial charge >= 0.3 is 0 Å². The van der Waals surface area contributed by atoms with E-state index in [1.807, 2.05) is 6.92 Å². The first kappa shape index (κ1) is 13.8. The van der Waals surface area contributed by atoms with Gasteiger partial charge in [0.25, 0.3) is 6.43 Å². The number of benzene rings is 1. The van der Waals surface area contributed by atoms with Gasteiger partial charge in [-0.1, -0.05) is 19.1 Å². The summed E-state index contributed by atoms with van der Waals surface area (Å²) in [5.41, 5.74) is 6.28. The second-order valence-electron chi connectivity index (χ2n) is 3.80. The van der Waals surface area contributed by atoms with Gasteiger partial charge in [-0.05, 0) is 24.5 Å². The molecule has 0 heterocycles. The molecule has 0 aliphatic carbocycles. The smallest absolute Gasteiger partial charge is 0.272 e. The van der Waals surface area contributed by atoms with Crippen LogP contribution in [0, 0.1) is 5.82 Å². The Balaban J connectivity index is 2.84. The van der Waals surface area contributed by atoms with E-state index in [1.54, 1.807) is 6.07 Å². The highest BCUT2D eigenvalue weighted by molar-refractivity contribution is 5.35. The molecule has 0 aliphatic heterocycles. The van der Waals surface area contributed by atoms with Crippen LogP contribution in [0.4, 0.5) is 13.2 Å². The van der Waals surface area contributed by atoms with Gasteiger partial charge in [0.15, 0.2) is 11.6 Å². The van der Waals surface area contributed by atoms with Gasteiger partial charge in [-0.3, -0.25) is 0 Å². The molecule has 0 saturated carbocycles. The summed E-state index contributed by atoms with van der Waals surface area (Å²) in [6.45, 7) is 1.10. The van der Waals surface area contributed by atoms with Gasteiger partial charge < -0.3 is 10.5 Å². The summed E-state index contributed by atoms with van der Waals surface area (Å²) in [7, 11) is 0. The Bertz CT molecular complexity index is 358. The molecule has 0 amide bonds. The number of alkyl halides is 2. The van der Waals surface area contributed by atoms with Gasteiger partial charge in [-0.15, -0.1) is 0 Å². The Morgan fingerprint density at radius 2 is 2.06 bits per heavy atom. The van der Waals surface area contributed by atoms with Crippen molar-refractivity contribution in [3.05, 3.63) is 29.6 Å². The van der Waals surface area contributed by atoms with Crippen LogP contribution in [0.2, 0.25) is 0 Å². The zero-order valence-electron chi connectivity index (χ0n) is 9.63. The summed E-state index contributed by atoms with van der Waals surface area (Å²) in [5.74, 6) is -0.747. The molecule has 2 N–H and O–H groups in total. The van der Waals surface area contributed by atoms with E-state index in [0.717, 1.165) is 6.42 Å². The summed E-state index contributed by atoms with van der Waals surface area (Å²) in [4.78, 5) is 0. The van der Waals surface area contributed by atoms with Crippen molar-refractivity contribution in [1.82, 2.24) is 0 Å². The van der Waals surface area contributed by atoms with Gasteiger partial charge in [-0.2, -0.15) is 0 Å². The van der Waals surface area contributed by atoms with E-state index in [1.165, 1.54) is 12.1 Å². The SMILES string of the molecule is CCC(N)Cc1cccc(F)c1OCC(F)F. The van der Waals surface area contributed by atoms with Gasteiger partial charge in [0.1, 0.15) is 6.61 Å². The Kier molecular flexibility index (Phi) is 5.28. The second kappa shape index (κ2) is 6.49. The van der Waals surface area contributed by atoms with Gasteiger partial charge in [0.05, 0.1) is 0 Å². The summed E-state index contributed by atoms with van der Waals surface area (Å²) in [6, 6.07) is 4.20. The lowest BCUT2D eigenvalue weighted by Gasteiger charge is -2.14. The largest absolute Gasteiger partial charge is 0.484 e. The van der Waals surface area contributed by atoms with E-state index in [0.29, 0.717) is 12.0 Å². The third kappa shape index (κ3) is 4.26. The standard InChI is InChI=1S/C12H16F3NO/c1-2-9(16)6-8-4-3-5-10(13)12(8)17-7-11(14)15/h3-5,9,11H,2,6-7,16H2,1H3. The van der Waals surface area contributed by atoms with Crippen molar-refractivity contribution in [2.45, 2.75) is 32.2 Å². The molecule has 0 spiro atoms. The number of para-hydroxylation sites is 1. The average Bonchev–Trinajstić information content (AvgIpc) is 2.27. The molecule has 0 saturated heterocycles. The highest BCUT2D eigenvalue weighted by Gasteiger charge is 2.14. The van der Waals surface area contributed by atoms with Crippen molar-refractivity contribution in [2.75, 3.05) is 6.61 Å². The normalized spacial score (nSPS) is 12.8. The highest BCUT2D eigenvalue weighted by Crippen LogP contribution is 2.24. The molecule has 2 nitrogen and oxygen atoms in total. The minimum absolute atomic E-state index is 0.114. The number of hydrogen-bond donors (Lipinski definition) is 1. The quantitative estimate of drug-likeness (QED) is 0.838. The van der Waals surface area contributed by atoms with Crippen molar-refractivity contribution in [2.24, 2.45) is 5.73 Å². The number of rotatable bonds is 6. The molecule has 0 radical (unpaired) electrons. The van der Waals surface area contributed by atoms with Crippen molar-refractivity contribution in [1.29, 1.82) is 0 Å². The molecular formula is C12H16F3NO. The number of nitrogens with two attached hydrogens (primary N) is 1. The van der Waals surface area contributed by atoms with Crippen LogP contribution in [0.5, 0.6) is 5.75 Å². The third-order valence-corrected chi connectivity index (χ3v) is 2.41. The van der Waals surface area contributed by atoms with Gasteiger partial charge in [0, 0.05) is 6.04 Å². The van der Waals surface area contributed by atoms with E-state index >= 15 is 0 Å².